The maximum atomic E-state index is 11.3. The molecule has 0 radical (unpaired) electrons. The molecule has 1 atom stereocenters. The lowest BCUT2D eigenvalue weighted by Gasteiger charge is -2.20. The summed E-state index contributed by atoms with van der Waals surface area (Å²) in [7, 11) is 2.54. The van der Waals surface area contributed by atoms with E-state index >= 15 is 0 Å². The highest BCUT2D eigenvalue weighted by Gasteiger charge is 2.20. The summed E-state index contributed by atoms with van der Waals surface area (Å²) in [6.07, 6.45) is 1.81. The normalized spacial score (nSPS) is 18.5. The second-order valence-electron chi connectivity index (χ2n) is 2.70. The smallest absolute Gasteiger partial charge is 0.178 e. The molecule has 0 fully saturated rings. The third-order valence-corrected chi connectivity index (χ3v) is 2.21. The van der Waals surface area contributed by atoms with Gasteiger partial charge in [-0.25, -0.2) is 0 Å². The van der Waals surface area contributed by atoms with E-state index in [2.05, 4.69) is 14.4 Å². The number of Topliss-reactive ketones (excluding diaryl/α,β-unsaturated/α-hetero) is 1. The van der Waals surface area contributed by atoms with Crippen LogP contribution >= 0.6 is 9.39 Å². The number of rotatable bonds is 0. The summed E-state index contributed by atoms with van der Waals surface area (Å²) in [5.41, 5.74) is 1.87. The molecule has 1 aliphatic rings. The van der Waals surface area contributed by atoms with Crippen LogP contribution in [-0.4, -0.2) is 22.0 Å². The van der Waals surface area contributed by atoms with E-state index in [1.165, 1.54) is 0 Å². The molecule has 0 aliphatic carbocycles. The lowest BCUT2D eigenvalue weighted by atomic mass is 10.1. The van der Waals surface area contributed by atoms with E-state index in [1.54, 1.807) is 0 Å². The zero-order valence-electron chi connectivity index (χ0n) is 6.00. The van der Waals surface area contributed by atoms with Gasteiger partial charge in [0.05, 0.1) is 6.54 Å². The highest BCUT2D eigenvalue weighted by Crippen LogP contribution is 2.19. The summed E-state index contributed by atoms with van der Waals surface area (Å²) in [4.78, 5) is 14.3. The number of carbonyl (C=O) groups excluding carboxylic acids is 1. The maximum Gasteiger partial charge on any atom is 0.178 e. The van der Waals surface area contributed by atoms with Crippen molar-refractivity contribution in [1.29, 1.82) is 0 Å². The van der Waals surface area contributed by atoms with Gasteiger partial charge >= 0.3 is 0 Å². The van der Waals surface area contributed by atoms with Crippen molar-refractivity contribution in [1.82, 2.24) is 9.65 Å². The zero-order chi connectivity index (χ0) is 7.84. The number of aromatic amines is 1. The monoisotopic (exact) mass is 168 g/mol. The van der Waals surface area contributed by atoms with Crippen LogP contribution in [-0.2, 0) is 6.54 Å². The van der Waals surface area contributed by atoms with E-state index in [1.807, 2.05) is 16.9 Å². The van der Waals surface area contributed by atoms with E-state index in [-0.39, 0.29) is 5.78 Å². The van der Waals surface area contributed by atoms with Crippen LogP contribution < -0.4 is 0 Å². The van der Waals surface area contributed by atoms with E-state index < -0.39 is 0 Å². The van der Waals surface area contributed by atoms with Gasteiger partial charge in [-0.3, -0.25) is 9.46 Å². The lowest BCUT2D eigenvalue weighted by molar-refractivity contribution is 0.0954. The highest BCUT2D eigenvalue weighted by molar-refractivity contribution is 7.13. The molecule has 3 nitrogen and oxygen atoms in total. The number of hydrogen-bond acceptors (Lipinski definition) is 2. The highest BCUT2D eigenvalue weighted by atomic mass is 31.0. The van der Waals surface area contributed by atoms with Crippen molar-refractivity contribution in [3.8, 4) is 0 Å². The molecule has 0 bridgehead atoms. The standard InChI is InChI=1S/C7H9N2OP/c10-7-4-9(11)3-6-5(7)1-2-8-6/h1-2,8H,3-4,11H2. The molecule has 0 saturated heterocycles. The molecule has 58 valence electrons. The molecule has 0 aromatic carbocycles. The van der Waals surface area contributed by atoms with Crippen LogP contribution in [0.2, 0.25) is 0 Å². The number of ketones is 1. The van der Waals surface area contributed by atoms with Crippen molar-refractivity contribution >= 4 is 15.2 Å². The minimum Gasteiger partial charge on any atom is -0.363 e. The van der Waals surface area contributed by atoms with Crippen molar-refractivity contribution in [2.45, 2.75) is 6.54 Å². The molecular weight excluding hydrogens is 159 g/mol. The van der Waals surface area contributed by atoms with Crippen LogP contribution in [0.15, 0.2) is 12.3 Å². The Morgan fingerprint density at radius 2 is 2.36 bits per heavy atom. The summed E-state index contributed by atoms with van der Waals surface area (Å²) in [5.74, 6) is 0.197. The van der Waals surface area contributed by atoms with Crippen LogP contribution in [0, 0.1) is 0 Å². The van der Waals surface area contributed by atoms with Crippen LogP contribution in [0.1, 0.15) is 16.1 Å². The van der Waals surface area contributed by atoms with Gasteiger partial charge in [-0.15, -0.1) is 0 Å². The van der Waals surface area contributed by atoms with E-state index in [4.69, 9.17) is 0 Å². The van der Waals surface area contributed by atoms with Crippen LogP contribution in [0.25, 0.3) is 0 Å². The van der Waals surface area contributed by atoms with Gasteiger partial charge in [-0.2, -0.15) is 0 Å². The van der Waals surface area contributed by atoms with Crippen LogP contribution in [0.3, 0.4) is 0 Å². The zero-order valence-corrected chi connectivity index (χ0v) is 7.16. The summed E-state index contributed by atoms with van der Waals surface area (Å²) in [6, 6.07) is 1.84. The van der Waals surface area contributed by atoms with Gasteiger partial charge in [0.1, 0.15) is 0 Å². The number of nitrogens with one attached hydrogen (secondary N) is 1. The molecule has 11 heavy (non-hydrogen) atoms. The third-order valence-electron chi connectivity index (χ3n) is 1.84. The SMILES string of the molecule is O=C1CN(P)Cc2[nH]ccc21. The number of aromatic nitrogens is 1. The molecule has 2 heterocycles. The van der Waals surface area contributed by atoms with Gasteiger partial charge in [-0.1, -0.05) is 9.39 Å². The quantitative estimate of drug-likeness (QED) is 0.582. The Labute approximate surface area is 67.0 Å². The topological polar surface area (TPSA) is 36.1 Å². The first-order valence-corrected chi connectivity index (χ1v) is 3.98. The fourth-order valence-electron chi connectivity index (χ4n) is 1.32. The molecule has 0 amide bonds. The molecule has 0 spiro atoms. The molecular formula is C7H9N2OP. The summed E-state index contributed by atoms with van der Waals surface area (Å²) < 4.78 is 1.92. The first-order valence-electron chi connectivity index (χ1n) is 3.46. The van der Waals surface area contributed by atoms with Crippen LogP contribution in [0.5, 0.6) is 0 Å². The molecule has 0 saturated carbocycles. The summed E-state index contributed by atoms with van der Waals surface area (Å²) in [6.45, 7) is 1.33. The number of nitrogens with zero attached hydrogens (tertiary/aromatic N) is 1. The Morgan fingerprint density at radius 1 is 1.55 bits per heavy atom. The van der Waals surface area contributed by atoms with Gasteiger partial charge < -0.3 is 4.98 Å². The average Bonchev–Trinajstić information content (AvgIpc) is 2.34. The maximum absolute atomic E-state index is 11.3. The number of carbonyl (C=O) groups is 1. The number of H-pyrrole nitrogens is 1. The Morgan fingerprint density at radius 3 is 3.18 bits per heavy atom. The van der Waals surface area contributed by atoms with Crippen molar-refractivity contribution in [2.24, 2.45) is 0 Å². The van der Waals surface area contributed by atoms with Crippen molar-refractivity contribution in [3.05, 3.63) is 23.5 Å². The van der Waals surface area contributed by atoms with Gasteiger partial charge in [-0.05, 0) is 6.07 Å². The third kappa shape index (κ3) is 1.10. The van der Waals surface area contributed by atoms with E-state index in [0.29, 0.717) is 6.54 Å². The molecule has 1 N–H and O–H groups in total. The van der Waals surface area contributed by atoms with E-state index in [0.717, 1.165) is 17.8 Å². The number of hydrogen-bond donors (Lipinski definition) is 1. The summed E-state index contributed by atoms with van der Waals surface area (Å²) in [5, 5.41) is 0. The van der Waals surface area contributed by atoms with Crippen molar-refractivity contribution in [3.63, 3.8) is 0 Å². The van der Waals surface area contributed by atoms with Gasteiger partial charge in [0.15, 0.2) is 5.78 Å². The Hall–Kier alpha value is -0.660. The summed E-state index contributed by atoms with van der Waals surface area (Å²) >= 11 is 0. The Bertz CT molecular complexity index is 294. The Kier molecular flexibility index (Phi) is 1.55. The largest absolute Gasteiger partial charge is 0.363 e. The van der Waals surface area contributed by atoms with Crippen molar-refractivity contribution in [2.75, 3.05) is 6.54 Å². The predicted octanol–water partition coefficient (Wildman–Crippen LogP) is 0.803. The molecule has 1 aliphatic heterocycles. The minimum atomic E-state index is 0.197. The van der Waals surface area contributed by atoms with E-state index in [9.17, 15) is 4.79 Å². The second kappa shape index (κ2) is 2.43. The molecule has 1 unspecified atom stereocenters. The molecule has 4 heteroatoms. The minimum absolute atomic E-state index is 0.197. The van der Waals surface area contributed by atoms with Gasteiger partial charge in [0.2, 0.25) is 0 Å². The van der Waals surface area contributed by atoms with Gasteiger partial charge in [0.25, 0.3) is 0 Å². The van der Waals surface area contributed by atoms with Gasteiger partial charge in [0, 0.05) is 24.0 Å². The first kappa shape index (κ1) is 7.01. The molecule has 1 aromatic rings. The molecule has 2 rings (SSSR count). The second-order valence-corrected chi connectivity index (χ2v) is 3.43. The Balaban J connectivity index is 2.44. The predicted molar refractivity (Wildman–Crippen MR) is 45.2 cm³/mol. The first-order chi connectivity index (χ1) is 5.27. The fraction of sp³-hybridized carbons (Fsp3) is 0.286. The fourth-order valence-corrected chi connectivity index (χ4v) is 1.67. The average molecular weight is 168 g/mol. The van der Waals surface area contributed by atoms with Crippen LogP contribution in [0.4, 0.5) is 0 Å². The lowest BCUT2D eigenvalue weighted by Crippen LogP contribution is -2.27. The number of fused-ring (bicyclic) bond motifs is 1. The molecule has 1 aromatic heterocycles. The van der Waals surface area contributed by atoms with Crippen molar-refractivity contribution < 1.29 is 4.79 Å².